The maximum atomic E-state index is 11.0. The maximum Gasteiger partial charge on any atom is 0.407 e. The van der Waals surface area contributed by atoms with Crippen LogP contribution in [0.4, 0.5) is 4.79 Å². The molecule has 2 rings (SSSR count). The molecule has 4 heteroatoms. The Morgan fingerprint density at radius 1 is 1.60 bits per heavy atom. The molecule has 0 saturated carbocycles. The fourth-order valence-electron chi connectivity index (χ4n) is 1.73. The summed E-state index contributed by atoms with van der Waals surface area (Å²) < 4.78 is 5.20. The lowest BCUT2D eigenvalue weighted by molar-refractivity contribution is 0.0725. The normalized spacial score (nSPS) is 24.8. The van der Waals surface area contributed by atoms with E-state index in [4.69, 9.17) is 16.3 Å². The standard InChI is InChI=1S/C11H12ClNO2/c1-11(7-13-10(14)15-11)6-8-3-2-4-9(12)5-8/h2-5H,6-7H2,1H3,(H,13,14). The first-order valence-electron chi connectivity index (χ1n) is 4.79. The topological polar surface area (TPSA) is 38.3 Å². The molecule has 1 amide bonds. The average molecular weight is 226 g/mol. The smallest absolute Gasteiger partial charge is 0.407 e. The highest BCUT2D eigenvalue weighted by molar-refractivity contribution is 6.30. The molecule has 0 radical (unpaired) electrons. The van der Waals surface area contributed by atoms with Gasteiger partial charge in [-0.1, -0.05) is 23.7 Å². The quantitative estimate of drug-likeness (QED) is 0.839. The molecule has 1 N–H and O–H groups in total. The van der Waals surface area contributed by atoms with Crippen LogP contribution >= 0.6 is 11.6 Å². The first kappa shape index (κ1) is 10.3. The Labute approximate surface area is 93.4 Å². The molecule has 1 fully saturated rings. The van der Waals surface area contributed by atoms with E-state index in [0.29, 0.717) is 18.0 Å². The molecule has 0 bridgehead atoms. The molecule has 1 heterocycles. The summed E-state index contributed by atoms with van der Waals surface area (Å²) in [5, 5.41) is 3.35. The summed E-state index contributed by atoms with van der Waals surface area (Å²) in [6.45, 7) is 2.45. The molecule has 1 aromatic carbocycles. The largest absolute Gasteiger partial charge is 0.441 e. The highest BCUT2D eigenvalue weighted by Gasteiger charge is 2.35. The number of hydrogen-bond acceptors (Lipinski definition) is 2. The van der Waals surface area contributed by atoms with Gasteiger partial charge in [0.1, 0.15) is 5.60 Å². The molecular formula is C11H12ClNO2. The Morgan fingerprint density at radius 3 is 3.00 bits per heavy atom. The van der Waals surface area contributed by atoms with Gasteiger partial charge in [-0.25, -0.2) is 4.79 Å². The second kappa shape index (κ2) is 3.74. The number of ether oxygens (including phenoxy) is 1. The number of halogens is 1. The summed E-state index contributed by atoms with van der Waals surface area (Å²) in [7, 11) is 0. The zero-order valence-corrected chi connectivity index (χ0v) is 9.17. The van der Waals surface area contributed by atoms with Crippen LogP contribution in [0, 0.1) is 0 Å². The molecule has 0 aromatic heterocycles. The van der Waals surface area contributed by atoms with Crippen molar-refractivity contribution in [3.63, 3.8) is 0 Å². The van der Waals surface area contributed by atoms with E-state index in [1.807, 2.05) is 31.2 Å². The van der Waals surface area contributed by atoms with Crippen molar-refractivity contribution in [3.05, 3.63) is 34.9 Å². The molecule has 80 valence electrons. The van der Waals surface area contributed by atoms with Crippen LogP contribution in [0.2, 0.25) is 5.02 Å². The van der Waals surface area contributed by atoms with Gasteiger partial charge < -0.3 is 10.1 Å². The van der Waals surface area contributed by atoms with Crippen LogP contribution < -0.4 is 5.32 Å². The van der Waals surface area contributed by atoms with Gasteiger partial charge >= 0.3 is 6.09 Å². The Kier molecular flexibility index (Phi) is 2.57. The van der Waals surface area contributed by atoms with Gasteiger partial charge in [-0.15, -0.1) is 0 Å². The van der Waals surface area contributed by atoms with Crippen LogP contribution in [-0.2, 0) is 11.2 Å². The van der Waals surface area contributed by atoms with Gasteiger partial charge in [0.25, 0.3) is 0 Å². The fraction of sp³-hybridized carbons (Fsp3) is 0.364. The van der Waals surface area contributed by atoms with Gasteiger partial charge in [0.15, 0.2) is 0 Å². The van der Waals surface area contributed by atoms with Gasteiger partial charge in [0.05, 0.1) is 6.54 Å². The number of rotatable bonds is 2. The summed E-state index contributed by atoms with van der Waals surface area (Å²) in [6, 6.07) is 7.58. The van der Waals surface area contributed by atoms with E-state index in [1.165, 1.54) is 0 Å². The Hall–Kier alpha value is -1.22. The third-order valence-corrected chi connectivity index (χ3v) is 2.65. The van der Waals surface area contributed by atoms with E-state index in [9.17, 15) is 4.79 Å². The molecule has 0 spiro atoms. The van der Waals surface area contributed by atoms with E-state index >= 15 is 0 Å². The summed E-state index contributed by atoms with van der Waals surface area (Å²) in [6.07, 6.45) is 0.325. The zero-order valence-electron chi connectivity index (χ0n) is 8.42. The first-order valence-corrected chi connectivity index (χ1v) is 5.16. The fourth-order valence-corrected chi connectivity index (χ4v) is 1.95. The van der Waals surface area contributed by atoms with E-state index < -0.39 is 5.60 Å². The average Bonchev–Trinajstić information content (AvgIpc) is 2.45. The molecule has 1 aliphatic rings. The van der Waals surface area contributed by atoms with Crippen LogP contribution in [-0.4, -0.2) is 18.2 Å². The van der Waals surface area contributed by atoms with Crippen LogP contribution in [0.5, 0.6) is 0 Å². The molecule has 3 nitrogen and oxygen atoms in total. The van der Waals surface area contributed by atoms with E-state index in [-0.39, 0.29) is 6.09 Å². The number of alkyl carbamates (subject to hydrolysis) is 1. The predicted molar refractivity (Wildman–Crippen MR) is 58.0 cm³/mol. The number of carbonyl (C=O) groups excluding carboxylic acids is 1. The molecule has 15 heavy (non-hydrogen) atoms. The number of hydrogen-bond donors (Lipinski definition) is 1. The minimum absolute atomic E-state index is 0.348. The molecule has 1 aromatic rings. The molecule has 0 aliphatic carbocycles. The second-order valence-electron chi connectivity index (χ2n) is 4.00. The van der Waals surface area contributed by atoms with Gasteiger partial charge in [-0.3, -0.25) is 0 Å². The number of nitrogens with one attached hydrogen (secondary N) is 1. The highest BCUT2D eigenvalue weighted by atomic mass is 35.5. The number of cyclic esters (lactones) is 1. The number of benzene rings is 1. The van der Waals surface area contributed by atoms with Crippen LogP contribution in [0.1, 0.15) is 12.5 Å². The van der Waals surface area contributed by atoms with Crippen LogP contribution in [0.25, 0.3) is 0 Å². The van der Waals surface area contributed by atoms with Crippen molar-refractivity contribution < 1.29 is 9.53 Å². The lowest BCUT2D eigenvalue weighted by atomic mass is 9.97. The third kappa shape index (κ3) is 2.42. The Bertz CT molecular complexity index is 394. The minimum Gasteiger partial charge on any atom is -0.441 e. The van der Waals surface area contributed by atoms with Crippen LogP contribution in [0.15, 0.2) is 24.3 Å². The van der Waals surface area contributed by atoms with Gasteiger partial charge in [-0.05, 0) is 24.6 Å². The third-order valence-electron chi connectivity index (χ3n) is 2.41. The summed E-state index contributed by atoms with van der Waals surface area (Å²) >= 11 is 5.88. The second-order valence-corrected chi connectivity index (χ2v) is 4.44. The van der Waals surface area contributed by atoms with Gasteiger partial charge in [0, 0.05) is 11.4 Å². The SMILES string of the molecule is CC1(Cc2cccc(Cl)c2)CNC(=O)O1. The molecule has 1 unspecified atom stereocenters. The van der Waals surface area contributed by atoms with Crippen molar-refractivity contribution in [2.24, 2.45) is 0 Å². The highest BCUT2D eigenvalue weighted by Crippen LogP contribution is 2.22. The predicted octanol–water partition coefficient (Wildman–Crippen LogP) is 2.38. The molecule has 1 saturated heterocycles. The summed E-state index contributed by atoms with van der Waals surface area (Å²) in [5.41, 5.74) is 0.614. The molecule has 1 atom stereocenters. The first-order chi connectivity index (χ1) is 7.07. The van der Waals surface area contributed by atoms with E-state index in [2.05, 4.69) is 5.32 Å². The zero-order chi connectivity index (χ0) is 10.9. The van der Waals surface area contributed by atoms with E-state index in [0.717, 1.165) is 5.56 Å². The monoisotopic (exact) mass is 225 g/mol. The Balaban J connectivity index is 2.11. The number of amides is 1. The Morgan fingerprint density at radius 2 is 2.40 bits per heavy atom. The van der Waals surface area contributed by atoms with Crippen molar-refractivity contribution in [2.45, 2.75) is 18.9 Å². The minimum atomic E-state index is -0.457. The van der Waals surface area contributed by atoms with Crippen LogP contribution in [0.3, 0.4) is 0 Å². The maximum absolute atomic E-state index is 11.0. The van der Waals surface area contributed by atoms with E-state index in [1.54, 1.807) is 0 Å². The van der Waals surface area contributed by atoms with Crippen molar-refractivity contribution >= 4 is 17.7 Å². The van der Waals surface area contributed by atoms with Crippen molar-refractivity contribution in [2.75, 3.05) is 6.54 Å². The lowest BCUT2D eigenvalue weighted by Gasteiger charge is -2.20. The van der Waals surface area contributed by atoms with Gasteiger partial charge in [-0.2, -0.15) is 0 Å². The molecular weight excluding hydrogens is 214 g/mol. The molecule has 1 aliphatic heterocycles. The lowest BCUT2D eigenvalue weighted by Crippen LogP contribution is -2.31. The van der Waals surface area contributed by atoms with Crippen molar-refractivity contribution in [1.29, 1.82) is 0 Å². The number of carbonyl (C=O) groups is 1. The summed E-state index contributed by atoms with van der Waals surface area (Å²) in [5.74, 6) is 0. The van der Waals surface area contributed by atoms with Crippen molar-refractivity contribution in [1.82, 2.24) is 5.32 Å². The van der Waals surface area contributed by atoms with Crippen molar-refractivity contribution in [3.8, 4) is 0 Å². The summed E-state index contributed by atoms with van der Waals surface area (Å²) in [4.78, 5) is 11.0. The van der Waals surface area contributed by atoms with Gasteiger partial charge in [0.2, 0.25) is 0 Å².